The number of nitrogen functional groups attached to an aromatic ring is 1. The van der Waals surface area contributed by atoms with Crippen LogP contribution in [0.4, 0.5) is 21.5 Å². The monoisotopic (exact) mass is 323 g/mol. The van der Waals surface area contributed by atoms with E-state index in [9.17, 15) is 9.18 Å². The minimum absolute atomic E-state index is 0.289. The van der Waals surface area contributed by atoms with Crippen LogP contribution in [-0.2, 0) is 0 Å². The molecule has 0 saturated carbocycles. The summed E-state index contributed by atoms with van der Waals surface area (Å²) >= 11 is 3.07. The molecule has 6 heteroatoms. The number of primary amides is 1. The lowest BCUT2D eigenvalue weighted by molar-refractivity contribution is 0.100. The molecule has 0 aromatic heterocycles. The molecule has 1 amide bonds. The zero-order valence-electron chi connectivity index (χ0n) is 9.78. The van der Waals surface area contributed by atoms with Gasteiger partial charge in [-0.15, -0.1) is 0 Å². The predicted molar refractivity (Wildman–Crippen MR) is 76.8 cm³/mol. The van der Waals surface area contributed by atoms with Crippen LogP contribution >= 0.6 is 15.9 Å². The summed E-state index contributed by atoms with van der Waals surface area (Å²) in [6.45, 7) is 0. The van der Waals surface area contributed by atoms with Gasteiger partial charge in [-0.25, -0.2) is 4.39 Å². The Kier molecular flexibility index (Phi) is 3.71. The van der Waals surface area contributed by atoms with Gasteiger partial charge in [0.1, 0.15) is 5.82 Å². The molecule has 0 heterocycles. The van der Waals surface area contributed by atoms with E-state index in [1.54, 1.807) is 24.3 Å². The third kappa shape index (κ3) is 3.03. The van der Waals surface area contributed by atoms with Crippen molar-refractivity contribution < 1.29 is 9.18 Å². The Morgan fingerprint density at radius 2 is 1.95 bits per heavy atom. The molecular formula is C13H11BrFN3O. The molecule has 2 aromatic rings. The first-order valence-electron chi connectivity index (χ1n) is 5.39. The van der Waals surface area contributed by atoms with Crippen molar-refractivity contribution in [2.75, 3.05) is 11.1 Å². The summed E-state index contributed by atoms with van der Waals surface area (Å²) in [4.78, 5) is 11.3. The van der Waals surface area contributed by atoms with Crippen LogP contribution in [0.25, 0.3) is 0 Å². The second-order valence-electron chi connectivity index (χ2n) is 3.92. The van der Waals surface area contributed by atoms with E-state index >= 15 is 0 Å². The van der Waals surface area contributed by atoms with Gasteiger partial charge in [0.05, 0.1) is 15.7 Å². The Morgan fingerprint density at radius 1 is 1.21 bits per heavy atom. The standard InChI is InChI=1S/C13H11BrFN3O/c14-10-4-2-8(6-11(10)15)18-12-5-7(16)1-3-9(12)13(17)19/h1-6,18H,16H2,(H2,17,19). The Labute approximate surface area is 117 Å². The van der Waals surface area contributed by atoms with Crippen LogP contribution in [0.2, 0.25) is 0 Å². The molecule has 4 nitrogen and oxygen atoms in total. The van der Waals surface area contributed by atoms with E-state index in [0.717, 1.165) is 0 Å². The molecule has 0 atom stereocenters. The molecule has 2 aromatic carbocycles. The quantitative estimate of drug-likeness (QED) is 0.759. The van der Waals surface area contributed by atoms with Crippen LogP contribution in [0.15, 0.2) is 40.9 Å². The maximum atomic E-state index is 13.4. The molecule has 0 saturated heterocycles. The number of rotatable bonds is 3. The van der Waals surface area contributed by atoms with Crippen molar-refractivity contribution in [3.05, 3.63) is 52.3 Å². The van der Waals surface area contributed by atoms with E-state index in [-0.39, 0.29) is 5.56 Å². The lowest BCUT2D eigenvalue weighted by Crippen LogP contribution is -2.13. The number of nitrogens with two attached hydrogens (primary N) is 2. The molecule has 5 N–H and O–H groups in total. The fraction of sp³-hybridized carbons (Fsp3) is 0. The highest BCUT2D eigenvalue weighted by atomic mass is 79.9. The minimum Gasteiger partial charge on any atom is -0.399 e. The van der Waals surface area contributed by atoms with E-state index in [0.29, 0.717) is 21.5 Å². The van der Waals surface area contributed by atoms with Crippen molar-refractivity contribution in [3.8, 4) is 0 Å². The molecule has 98 valence electrons. The SMILES string of the molecule is NC(=O)c1ccc(N)cc1Nc1ccc(Br)c(F)c1. The molecule has 0 aliphatic rings. The number of hydrogen-bond donors (Lipinski definition) is 3. The van der Waals surface area contributed by atoms with Crippen LogP contribution < -0.4 is 16.8 Å². The number of anilines is 3. The summed E-state index contributed by atoms with van der Waals surface area (Å²) in [5.41, 5.74) is 12.6. The van der Waals surface area contributed by atoms with Crippen LogP contribution in [0.3, 0.4) is 0 Å². The lowest BCUT2D eigenvalue weighted by atomic mass is 10.1. The Bertz CT molecular complexity index is 646. The van der Waals surface area contributed by atoms with Gasteiger partial charge in [-0.1, -0.05) is 0 Å². The number of halogens is 2. The van der Waals surface area contributed by atoms with Crippen molar-refractivity contribution in [3.63, 3.8) is 0 Å². The minimum atomic E-state index is -0.583. The van der Waals surface area contributed by atoms with E-state index in [1.807, 2.05) is 0 Å². The molecule has 2 rings (SSSR count). The van der Waals surface area contributed by atoms with E-state index in [2.05, 4.69) is 21.2 Å². The highest BCUT2D eigenvalue weighted by Crippen LogP contribution is 2.26. The van der Waals surface area contributed by atoms with Crippen molar-refractivity contribution >= 4 is 38.9 Å². The van der Waals surface area contributed by atoms with Gasteiger partial charge in [0.2, 0.25) is 0 Å². The molecule has 0 aliphatic carbocycles. The van der Waals surface area contributed by atoms with Gasteiger partial charge in [0, 0.05) is 11.4 Å². The third-order valence-corrected chi connectivity index (χ3v) is 3.15. The summed E-state index contributed by atoms with van der Waals surface area (Å²) in [6, 6.07) is 9.20. The summed E-state index contributed by atoms with van der Waals surface area (Å²) in [5, 5.41) is 2.92. The highest BCUT2D eigenvalue weighted by molar-refractivity contribution is 9.10. The maximum Gasteiger partial charge on any atom is 0.250 e. The van der Waals surface area contributed by atoms with Gasteiger partial charge >= 0.3 is 0 Å². The zero-order chi connectivity index (χ0) is 14.0. The maximum absolute atomic E-state index is 13.4. The smallest absolute Gasteiger partial charge is 0.250 e. The molecule has 0 unspecified atom stereocenters. The first kappa shape index (κ1) is 13.4. The topological polar surface area (TPSA) is 81.1 Å². The fourth-order valence-electron chi connectivity index (χ4n) is 1.61. The van der Waals surface area contributed by atoms with Gasteiger partial charge in [-0.3, -0.25) is 4.79 Å². The van der Waals surface area contributed by atoms with Gasteiger partial charge in [-0.05, 0) is 52.3 Å². The lowest BCUT2D eigenvalue weighted by Gasteiger charge is -2.11. The van der Waals surface area contributed by atoms with Crippen molar-refractivity contribution in [1.82, 2.24) is 0 Å². The van der Waals surface area contributed by atoms with Crippen LogP contribution in [0.1, 0.15) is 10.4 Å². The fourth-order valence-corrected chi connectivity index (χ4v) is 1.86. The average Bonchev–Trinajstić information content (AvgIpc) is 2.33. The Balaban J connectivity index is 2.39. The number of carbonyl (C=O) groups excluding carboxylic acids is 1. The van der Waals surface area contributed by atoms with E-state index in [1.165, 1.54) is 12.1 Å². The van der Waals surface area contributed by atoms with Crippen LogP contribution in [-0.4, -0.2) is 5.91 Å². The molecule has 0 bridgehead atoms. The summed E-state index contributed by atoms with van der Waals surface area (Å²) in [6.07, 6.45) is 0. The summed E-state index contributed by atoms with van der Waals surface area (Å²) in [7, 11) is 0. The number of nitrogens with one attached hydrogen (secondary N) is 1. The number of hydrogen-bond acceptors (Lipinski definition) is 3. The molecule has 0 fully saturated rings. The Hall–Kier alpha value is -2.08. The van der Waals surface area contributed by atoms with E-state index < -0.39 is 11.7 Å². The number of benzene rings is 2. The highest BCUT2D eigenvalue weighted by Gasteiger charge is 2.09. The summed E-state index contributed by atoms with van der Waals surface area (Å²) in [5.74, 6) is -0.991. The van der Waals surface area contributed by atoms with Gasteiger partial charge < -0.3 is 16.8 Å². The largest absolute Gasteiger partial charge is 0.399 e. The summed E-state index contributed by atoms with van der Waals surface area (Å²) < 4.78 is 13.8. The van der Waals surface area contributed by atoms with Gasteiger partial charge in [0.25, 0.3) is 5.91 Å². The third-order valence-electron chi connectivity index (χ3n) is 2.51. The molecule has 19 heavy (non-hydrogen) atoms. The molecule has 0 radical (unpaired) electrons. The van der Waals surface area contributed by atoms with E-state index in [4.69, 9.17) is 11.5 Å². The second-order valence-corrected chi connectivity index (χ2v) is 4.78. The van der Waals surface area contributed by atoms with Crippen molar-refractivity contribution in [2.45, 2.75) is 0 Å². The van der Waals surface area contributed by atoms with Gasteiger partial charge in [-0.2, -0.15) is 0 Å². The Morgan fingerprint density at radius 3 is 2.58 bits per heavy atom. The average molecular weight is 324 g/mol. The van der Waals surface area contributed by atoms with Gasteiger partial charge in [0.15, 0.2) is 0 Å². The zero-order valence-corrected chi connectivity index (χ0v) is 11.4. The normalized spacial score (nSPS) is 10.2. The molecule has 0 spiro atoms. The van der Waals surface area contributed by atoms with Crippen LogP contribution in [0.5, 0.6) is 0 Å². The van der Waals surface area contributed by atoms with Crippen molar-refractivity contribution in [1.29, 1.82) is 0 Å². The molecule has 0 aliphatic heterocycles. The van der Waals surface area contributed by atoms with Crippen LogP contribution in [0, 0.1) is 5.82 Å². The second kappa shape index (κ2) is 5.27. The first-order chi connectivity index (χ1) is 8.97. The number of amides is 1. The first-order valence-corrected chi connectivity index (χ1v) is 6.18. The number of carbonyl (C=O) groups is 1. The predicted octanol–water partition coefficient (Wildman–Crippen LogP) is 3.01. The molecular weight excluding hydrogens is 313 g/mol. The van der Waals surface area contributed by atoms with Crippen molar-refractivity contribution in [2.24, 2.45) is 5.73 Å².